The molecule has 96 valence electrons. The molecule has 1 rings (SSSR count). The monoisotopic (exact) mass is 350 g/mol. The van der Waals surface area contributed by atoms with Crippen molar-refractivity contribution in [2.24, 2.45) is 5.92 Å². The third-order valence-corrected chi connectivity index (χ3v) is 4.21. The predicted molar refractivity (Wildman–Crippen MR) is 78.8 cm³/mol. The van der Waals surface area contributed by atoms with E-state index in [0.717, 1.165) is 21.3 Å². The van der Waals surface area contributed by atoms with Gasteiger partial charge in [0, 0.05) is 4.43 Å². The Labute approximate surface area is 117 Å². The molecule has 0 saturated heterocycles. The quantitative estimate of drug-likeness (QED) is 0.552. The van der Waals surface area contributed by atoms with Crippen LogP contribution < -0.4 is 4.74 Å². The molecule has 0 N–H and O–H groups in total. The van der Waals surface area contributed by atoms with Crippen molar-refractivity contribution in [3.8, 4) is 5.75 Å². The Hall–Kier alpha value is -0.320. The van der Waals surface area contributed by atoms with Gasteiger partial charge in [0.1, 0.15) is 11.6 Å². The van der Waals surface area contributed by atoms with Crippen LogP contribution in [0.5, 0.6) is 5.75 Å². The summed E-state index contributed by atoms with van der Waals surface area (Å²) in [5.41, 5.74) is 1.60. The van der Waals surface area contributed by atoms with Crippen molar-refractivity contribution in [1.29, 1.82) is 0 Å². The Morgan fingerprint density at radius 2 is 1.94 bits per heavy atom. The van der Waals surface area contributed by atoms with E-state index in [4.69, 9.17) is 4.74 Å². The van der Waals surface area contributed by atoms with Gasteiger partial charge in [0.05, 0.1) is 6.61 Å². The topological polar surface area (TPSA) is 9.23 Å². The fourth-order valence-electron chi connectivity index (χ4n) is 1.54. The first-order chi connectivity index (χ1) is 7.95. The van der Waals surface area contributed by atoms with Crippen LogP contribution in [-0.4, -0.2) is 11.0 Å². The molecule has 0 saturated carbocycles. The minimum absolute atomic E-state index is 0.133. The lowest BCUT2D eigenvalue weighted by molar-refractivity contribution is 0.272. The van der Waals surface area contributed by atoms with Gasteiger partial charge in [-0.1, -0.05) is 43.4 Å². The van der Waals surface area contributed by atoms with Gasteiger partial charge >= 0.3 is 0 Å². The van der Waals surface area contributed by atoms with Crippen molar-refractivity contribution in [1.82, 2.24) is 0 Å². The van der Waals surface area contributed by atoms with E-state index in [1.54, 1.807) is 6.07 Å². The van der Waals surface area contributed by atoms with Crippen LogP contribution in [-0.2, 0) is 0 Å². The minimum Gasteiger partial charge on any atom is -0.493 e. The number of alkyl halides is 1. The van der Waals surface area contributed by atoms with Crippen molar-refractivity contribution >= 4 is 22.6 Å². The number of ether oxygens (including phenoxy) is 1. The number of benzene rings is 1. The molecule has 0 spiro atoms. The highest BCUT2D eigenvalue weighted by molar-refractivity contribution is 14.1. The van der Waals surface area contributed by atoms with Gasteiger partial charge < -0.3 is 4.74 Å². The molecule has 0 heterocycles. The minimum atomic E-state index is -0.133. The second-order valence-corrected chi connectivity index (χ2v) is 5.75. The molecule has 1 aromatic rings. The highest BCUT2D eigenvalue weighted by atomic mass is 127. The van der Waals surface area contributed by atoms with Gasteiger partial charge in [0.15, 0.2) is 0 Å². The standard InChI is InChI=1S/C14H20FIO/c1-9(2)12-6-14(11(4)5-13(12)15)17-8-10(3)7-16/h5-6,9-10H,7-8H2,1-4H3. The van der Waals surface area contributed by atoms with Gasteiger partial charge in [-0.2, -0.15) is 0 Å². The van der Waals surface area contributed by atoms with Gasteiger partial charge in [0.2, 0.25) is 0 Å². The molecule has 0 aromatic heterocycles. The second kappa shape index (κ2) is 6.57. The highest BCUT2D eigenvalue weighted by Crippen LogP contribution is 2.27. The van der Waals surface area contributed by atoms with Gasteiger partial charge in [0.25, 0.3) is 0 Å². The SMILES string of the molecule is Cc1cc(F)c(C(C)C)cc1OCC(C)CI. The number of halogens is 2. The molecule has 0 radical (unpaired) electrons. The van der Waals surface area contributed by atoms with Gasteiger partial charge in [-0.3, -0.25) is 0 Å². The highest BCUT2D eigenvalue weighted by Gasteiger charge is 2.12. The summed E-state index contributed by atoms with van der Waals surface area (Å²) in [6, 6.07) is 3.41. The maximum atomic E-state index is 13.7. The molecule has 3 heteroatoms. The summed E-state index contributed by atoms with van der Waals surface area (Å²) < 4.78 is 20.5. The van der Waals surface area contributed by atoms with Crippen molar-refractivity contribution in [3.63, 3.8) is 0 Å². The number of aryl methyl sites for hydroxylation is 1. The first kappa shape index (κ1) is 14.7. The summed E-state index contributed by atoms with van der Waals surface area (Å²) in [4.78, 5) is 0. The summed E-state index contributed by atoms with van der Waals surface area (Å²) in [6.07, 6.45) is 0. The first-order valence-corrected chi connectivity index (χ1v) is 7.47. The molecular weight excluding hydrogens is 330 g/mol. The second-order valence-electron chi connectivity index (χ2n) is 4.86. The maximum Gasteiger partial charge on any atom is 0.127 e. The van der Waals surface area contributed by atoms with E-state index < -0.39 is 0 Å². The number of rotatable bonds is 5. The van der Waals surface area contributed by atoms with Crippen LogP contribution in [0.15, 0.2) is 12.1 Å². The van der Waals surface area contributed by atoms with Gasteiger partial charge in [-0.15, -0.1) is 0 Å². The molecule has 0 bridgehead atoms. The van der Waals surface area contributed by atoms with E-state index in [-0.39, 0.29) is 11.7 Å². The Kier molecular flexibility index (Phi) is 5.70. The molecule has 0 fully saturated rings. The molecular formula is C14H20FIO. The molecule has 0 aliphatic rings. The molecule has 1 atom stereocenters. The van der Waals surface area contributed by atoms with Crippen molar-refractivity contribution < 1.29 is 9.13 Å². The lowest BCUT2D eigenvalue weighted by Crippen LogP contribution is -2.10. The van der Waals surface area contributed by atoms with Crippen molar-refractivity contribution in [3.05, 3.63) is 29.1 Å². The summed E-state index contributed by atoms with van der Waals surface area (Å²) in [5, 5.41) is 0. The zero-order chi connectivity index (χ0) is 13.0. The Morgan fingerprint density at radius 3 is 2.47 bits per heavy atom. The molecule has 1 nitrogen and oxygen atoms in total. The largest absolute Gasteiger partial charge is 0.493 e. The van der Waals surface area contributed by atoms with Crippen LogP contribution in [0.2, 0.25) is 0 Å². The zero-order valence-electron chi connectivity index (χ0n) is 10.9. The molecule has 0 aliphatic carbocycles. The van der Waals surface area contributed by atoms with Crippen LogP contribution in [0.1, 0.15) is 37.8 Å². The fraction of sp³-hybridized carbons (Fsp3) is 0.571. The third kappa shape index (κ3) is 4.12. The lowest BCUT2D eigenvalue weighted by Gasteiger charge is -2.15. The number of hydrogen-bond donors (Lipinski definition) is 0. The van der Waals surface area contributed by atoms with E-state index in [2.05, 4.69) is 29.5 Å². The smallest absolute Gasteiger partial charge is 0.127 e. The van der Waals surface area contributed by atoms with E-state index >= 15 is 0 Å². The van der Waals surface area contributed by atoms with E-state index in [1.165, 1.54) is 0 Å². The van der Waals surface area contributed by atoms with Crippen molar-refractivity contribution in [2.75, 3.05) is 11.0 Å². The van der Waals surface area contributed by atoms with Crippen LogP contribution >= 0.6 is 22.6 Å². The molecule has 1 unspecified atom stereocenters. The van der Waals surface area contributed by atoms with Crippen molar-refractivity contribution in [2.45, 2.75) is 33.6 Å². The normalized spacial score (nSPS) is 12.9. The summed E-state index contributed by atoms with van der Waals surface area (Å²) >= 11 is 2.35. The first-order valence-electron chi connectivity index (χ1n) is 5.94. The lowest BCUT2D eigenvalue weighted by atomic mass is 10.0. The van der Waals surface area contributed by atoms with Gasteiger partial charge in [-0.05, 0) is 42.0 Å². The van der Waals surface area contributed by atoms with Crippen LogP contribution in [0.4, 0.5) is 4.39 Å². The van der Waals surface area contributed by atoms with E-state index in [9.17, 15) is 4.39 Å². The van der Waals surface area contributed by atoms with Crippen LogP contribution in [0.25, 0.3) is 0 Å². The third-order valence-electron chi connectivity index (χ3n) is 2.70. The summed E-state index contributed by atoms with van der Waals surface area (Å²) in [6.45, 7) is 8.70. The summed E-state index contributed by atoms with van der Waals surface area (Å²) in [7, 11) is 0. The Balaban J connectivity index is 2.88. The Bertz CT molecular complexity index is 377. The molecule has 0 amide bonds. The predicted octanol–water partition coefficient (Wildman–Crippen LogP) is 4.71. The van der Waals surface area contributed by atoms with Gasteiger partial charge in [-0.25, -0.2) is 4.39 Å². The van der Waals surface area contributed by atoms with E-state index in [1.807, 2.05) is 26.8 Å². The molecule has 17 heavy (non-hydrogen) atoms. The van der Waals surface area contributed by atoms with Crippen LogP contribution in [0.3, 0.4) is 0 Å². The molecule has 1 aromatic carbocycles. The fourth-order valence-corrected chi connectivity index (χ4v) is 1.80. The maximum absolute atomic E-state index is 13.7. The van der Waals surface area contributed by atoms with E-state index in [0.29, 0.717) is 12.5 Å². The average Bonchev–Trinajstić information content (AvgIpc) is 2.26. The Morgan fingerprint density at radius 1 is 1.29 bits per heavy atom. The zero-order valence-corrected chi connectivity index (χ0v) is 13.0. The number of hydrogen-bond acceptors (Lipinski definition) is 1. The summed E-state index contributed by atoms with van der Waals surface area (Å²) in [5.74, 6) is 1.38. The van der Waals surface area contributed by atoms with Crippen LogP contribution in [0, 0.1) is 18.7 Å². The molecule has 0 aliphatic heterocycles. The average molecular weight is 350 g/mol.